The average molecular weight is 342 g/mol. The molecule has 1 aromatic carbocycles. The molecule has 1 aliphatic rings. The fourth-order valence-electron chi connectivity index (χ4n) is 2.32. The number of hydrogen-bond acceptors (Lipinski definition) is 6. The molecule has 2 rings (SSSR count). The Hall–Kier alpha value is -2.13. The zero-order valence-electron chi connectivity index (χ0n) is 12.6. The van der Waals surface area contributed by atoms with Crippen LogP contribution in [0.15, 0.2) is 30.3 Å². The van der Waals surface area contributed by atoms with Crippen molar-refractivity contribution < 1.29 is 27.5 Å². The van der Waals surface area contributed by atoms with E-state index in [0.29, 0.717) is 12.8 Å². The number of rotatable bonds is 5. The molecule has 1 aliphatic heterocycles. The van der Waals surface area contributed by atoms with E-state index < -0.39 is 28.3 Å². The van der Waals surface area contributed by atoms with Gasteiger partial charge in [-0.3, -0.25) is 4.79 Å². The Morgan fingerprint density at radius 1 is 1.30 bits per heavy atom. The zero-order valence-corrected chi connectivity index (χ0v) is 13.4. The minimum Gasteiger partial charge on any atom is -0.468 e. The van der Waals surface area contributed by atoms with Crippen molar-refractivity contribution in [2.75, 3.05) is 13.7 Å². The van der Waals surface area contributed by atoms with Gasteiger partial charge in [0.15, 0.2) is 0 Å². The van der Waals surface area contributed by atoms with Crippen LogP contribution < -0.4 is 4.72 Å². The van der Waals surface area contributed by atoms with Crippen molar-refractivity contribution in [3.05, 3.63) is 35.9 Å². The molecule has 126 valence electrons. The summed E-state index contributed by atoms with van der Waals surface area (Å²) in [7, 11) is -2.97. The van der Waals surface area contributed by atoms with Gasteiger partial charge in [0, 0.05) is 6.54 Å². The van der Waals surface area contributed by atoms with Crippen LogP contribution in [0.25, 0.3) is 0 Å². The second-order valence-corrected chi connectivity index (χ2v) is 6.58. The molecule has 1 heterocycles. The van der Waals surface area contributed by atoms with Gasteiger partial charge in [-0.25, -0.2) is 9.52 Å². The predicted octanol–water partition coefficient (Wildman–Crippen LogP) is 0.795. The van der Waals surface area contributed by atoms with Crippen LogP contribution >= 0.6 is 0 Å². The molecular weight excluding hydrogens is 324 g/mol. The third-order valence-corrected chi connectivity index (χ3v) is 4.89. The molecule has 1 saturated heterocycles. The molecule has 8 nitrogen and oxygen atoms in total. The summed E-state index contributed by atoms with van der Waals surface area (Å²) in [5.74, 6) is -0.648. The normalized spacial score (nSPS) is 18.4. The third kappa shape index (κ3) is 4.42. The molecule has 9 heteroatoms. The molecule has 1 aromatic rings. The second kappa shape index (κ2) is 7.42. The molecule has 0 aliphatic carbocycles. The first-order valence-electron chi connectivity index (χ1n) is 7.02. The molecule has 0 spiro atoms. The number of ether oxygens (including phenoxy) is 2. The Balaban J connectivity index is 1.94. The van der Waals surface area contributed by atoms with E-state index in [2.05, 4.69) is 4.74 Å². The molecule has 23 heavy (non-hydrogen) atoms. The first-order valence-corrected chi connectivity index (χ1v) is 8.46. The van der Waals surface area contributed by atoms with E-state index in [0.717, 1.165) is 9.87 Å². The van der Waals surface area contributed by atoms with E-state index in [1.165, 1.54) is 7.11 Å². The maximum absolute atomic E-state index is 12.2. The van der Waals surface area contributed by atoms with E-state index in [4.69, 9.17) is 4.74 Å². The van der Waals surface area contributed by atoms with Crippen LogP contribution in [0.4, 0.5) is 4.79 Å². The standard InChI is InChI=1S/C14H18N2O6S/c1-21-13(17)12-8-5-9-16(12)23(19,20)15-14(18)22-10-11-6-3-2-4-7-11/h2-4,6-7,12H,5,8-10H2,1H3,(H,15,18). The van der Waals surface area contributed by atoms with Crippen molar-refractivity contribution in [2.45, 2.75) is 25.5 Å². The Morgan fingerprint density at radius 2 is 2.00 bits per heavy atom. The number of nitrogens with zero attached hydrogens (tertiary/aromatic N) is 1. The number of carbonyl (C=O) groups excluding carboxylic acids is 2. The molecule has 1 N–H and O–H groups in total. The molecule has 1 fully saturated rings. The number of amides is 1. The second-order valence-electron chi connectivity index (χ2n) is 4.96. The van der Waals surface area contributed by atoms with Crippen molar-refractivity contribution in [2.24, 2.45) is 0 Å². The predicted molar refractivity (Wildman–Crippen MR) is 80.4 cm³/mol. The van der Waals surface area contributed by atoms with Gasteiger partial charge >= 0.3 is 22.3 Å². The third-order valence-electron chi connectivity index (χ3n) is 3.41. The molecule has 1 unspecified atom stereocenters. The average Bonchev–Trinajstić information content (AvgIpc) is 3.03. The van der Waals surface area contributed by atoms with Crippen molar-refractivity contribution in [3.8, 4) is 0 Å². The molecule has 1 atom stereocenters. The Labute approximate surface area is 134 Å². The first kappa shape index (κ1) is 17.2. The lowest BCUT2D eigenvalue weighted by Crippen LogP contribution is -2.48. The summed E-state index contributed by atoms with van der Waals surface area (Å²) in [6.07, 6.45) is -0.226. The number of hydrogen-bond donors (Lipinski definition) is 1. The first-order chi connectivity index (χ1) is 10.9. The van der Waals surface area contributed by atoms with Crippen LogP contribution in [-0.4, -0.2) is 44.5 Å². The van der Waals surface area contributed by atoms with Crippen molar-refractivity contribution >= 4 is 22.3 Å². The van der Waals surface area contributed by atoms with Crippen LogP contribution in [0.2, 0.25) is 0 Å². The van der Waals surface area contributed by atoms with Gasteiger partial charge < -0.3 is 9.47 Å². The summed E-state index contributed by atoms with van der Waals surface area (Å²) in [4.78, 5) is 23.3. The highest BCUT2D eigenvalue weighted by atomic mass is 32.2. The van der Waals surface area contributed by atoms with Gasteiger partial charge in [-0.05, 0) is 18.4 Å². The van der Waals surface area contributed by atoms with Crippen LogP contribution in [0.3, 0.4) is 0 Å². The highest BCUT2D eigenvalue weighted by Gasteiger charge is 2.40. The number of esters is 1. The van der Waals surface area contributed by atoms with Gasteiger partial charge in [-0.15, -0.1) is 0 Å². The van der Waals surface area contributed by atoms with Crippen molar-refractivity contribution in [1.82, 2.24) is 9.03 Å². The maximum atomic E-state index is 12.2. The molecule has 0 saturated carbocycles. The zero-order chi connectivity index (χ0) is 16.9. The molecule has 0 radical (unpaired) electrons. The van der Waals surface area contributed by atoms with Gasteiger partial charge in [0.25, 0.3) is 0 Å². The number of benzene rings is 1. The van der Waals surface area contributed by atoms with Crippen LogP contribution in [0, 0.1) is 0 Å². The monoisotopic (exact) mass is 342 g/mol. The van der Waals surface area contributed by atoms with Crippen molar-refractivity contribution in [3.63, 3.8) is 0 Å². The summed E-state index contributed by atoms with van der Waals surface area (Å²) in [6, 6.07) is 7.94. The lowest BCUT2D eigenvalue weighted by atomic mass is 10.2. The largest absolute Gasteiger partial charge is 0.468 e. The van der Waals surface area contributed by atoms with Gasteiger partial charge in [0.2, 0.25) is 0 Å². The van der Waals surface area contributed by atoms with Gasteiger partial charge in [-0.1, -0.05) is 30.3 Å². The minimum absolute atomic E-state index is 0.0530. The fraction of sp³-hybridized carbons (Fsp3) is 0.429. The fourth-order valence-corrected chi connectivity index (χ4v) is 3.60. The van der Waals surface area contributed by atoms with E-state index in [-0.39, 0.29) is 13.2 Å². The molecular formula is C14H18N2O6S. The van der Waals surface area contributed by atoms with E-state index in [1.54, 1.807) is 29.0 Å². The summed E-state index contributed by atoms with van der Waals surface area (Å²) < 4.78 is 36.6. The topological polar surface area (TPSA) is 102 Å². The summed E-state index contributed by atoms with van der Waals surface area (Å²) in [5, 5.41) is 0. The lowest BCUT2D eigenvalue weighted by Gasteiger charge is -2.21. The SMILES string of the molecule is COC(=O)C1CCCN1S(=O)(=O)NC(=O)OCc1ccccc1. The van der Waals surface area contributed by atoms with Gasteiger partial charge in [0.1, 0.15) is 12.6 Å². The lowest BCUT2D eigenvalue weighted by molar-refractivity contribution is -0.144. The summed E-state index contributed by atoms with van der Waals surface area (Å²) in [5.41, 5.74) is 0.730. The van der Waals surface area contributed by atoms with E-state index >= 15 is 0 Å². The maximum Gasteiger partial charge on any atom is 0.422 e. The number of methoxy groups -OCH3 is 1. The summed E-state index contributed by atoms with van der Waals surface area (Å²) >= 11 is 0. The highest BCUT2D eigenvalue weighted by molar-refractivity contribution is 7.87. The Bertz CT molecular complexity index is 661. The molecule has 0 bridgehead atoms. The summed E-state index contributed by atoms with van der Waals surface area (Å²) in [6.45, 7) is 0.0870. The molecule has 1 amide bonds. The highest BCUT2D eigenvalue weighted by Crippen LogP contribution is 2.21. The van der Waals surface area contributed by atoms with E-state index in [9.17, 15) is 18.0 Å². The number of nitrogens with one attached hydrogen (secondary N) is 1. The quantitative estimate of drug-likeness (QED) is 0.794. The van der Waals surface area contributed by atoms with Crippen molar-refractivity contribution in [1.29, 1.82) is 0 Å². The number of carbonyl (C=O) groups is 2. The van der Waals surface area contributed by atoms with Gasteiger partial charge in [-0.2, -0.15) is 12.7 Å². The molecule has 0 aromatic heterocycles. The van der Waals surface area contributed by atoms with Gasteiger partial charge in [0.05, 0.1) is 7.11 Å². The van der Waals surface area contributed by atoms with Crippen LogP contribution in [0.5, 0.6) is 0 Å². The van der Waals surface area contributed by atoms with Crippen LogP contribution in [-0.2, 0) is 31.1 Å². The Kier molecular flexibility index (Phi) is 5.56. The smallest absolute Gasteiger partial charge is 0.422 e. The van der Waals surface area contributed by atoms with E-state index in [1.807, 2.05) is 6.07 Å². The van der Waals surface area contributed by atoms with Crippen LogP contribution in [0.1, 0.15) is 18.4 Å². The minimum atomic E-state index is -4.16. The Morgan fingerprint density at radius 3 is 2.65 bits per heavy atom.